The summed E-state index contributed by atoms with van der Waals surface area (Å²) in [4.78, 5) is 10.3. The van der Waals surface area contributed by atoms with Crippen molar-refractivity contribution in [1.82, 2.24) is 0 Å². The molecule has 0 aromatic heterocycles. The highest BCUT2D eigenvalue weighted by Crippen LogP contribution is 2.21. The number of anilines is 1. The number of non-ortho nitro benzene ring substituents is 1. The Hall–Kier alpha value is -2.02. The molecule has 0 radical (unpaired) electrons. The molecule has 1 unspecified atom stereocenters. The molecule has 1 N–H and O–H groups in total. The van der Waals surface area contributed by atoms with E-state index in [2.05, 4.69) is 11.2 Å². The molecule has 0 saturated carbocycles. The van der Waals surface area contributed by atoms with Crippen LogP contribution in [0.5, 0.6) is 0 Å². The lowest BCUT2D eigenvalue weighted by atomic mass is 10.1. The lowest BCUT2D eigenvalue weighted by molar-refractivity contribution is -0.384. The minimum atomic E-state index is -0.399. The van der Waals surface area contributed by atoms with Crippen LogP contribution < -0.4 is 5.32 Å². The van der Waals surface area contributed by atoms with Gasteiger partial charge >= 0.3 is 0 Å². The molecule has 1 aromatic carbocycles. The van der Waals surface area contributed by atoms with Gasteiger partial charge in [0.1, 0.15) is 0 Å². The molecule has 0 heterocycles. The van der Waals surface area contributed by atoms with Gasteiger partial charge in [0.15, 0.2) is 0 Å². The van der Waals surface area contributed by atoms with Gasteiger partial charge in [-0.2, -0.15) is 0 Å². The first-order chi connectivity index (χ1) is 7.52. The fraction of sp³-hybridized carbons (Fsp3) is 0.333. The average molecular weight is 218 g/mol. The lowest BCUT2D eigenvalue weighted by Gasteiger charge is -2.12. The summed E-state index contributed by atoms with van der Waals surface area (Å²) in [6.45, 7) is 3.76. The number of benzene rings is 1. The molecule has 0 aliphatic carbocycles. The molecule has 16 heavy (non-hydrogen) atoms. The third-order valence-electron chi connectivity index (χ3n) is 2.11. The van der Waals surface area contributed by atoms with E-state index in [9.17, 15) is 10.1 Å². The smallest absolute Gasteiger partial charge is 0.271 e. The molecular weight excluding hydrogens is 204 g/mol. The first-order valence-corrected chi connectivity index (χ1v) is 4.99. The van der Waals surface area contributed by atoms with E-state index >= 15 is 0 Å². The number of hydrogen-bond donors (Lipinski definition) is 1. The van der Waals surface area contributed by atoms with E-state index in [0.29, 0.717) is 6.42 Å². The van der Waals surface area contributed by atoms with Crippen molar-refractivity contribution in [3.05, 3.63) is 33.9 Å². The zero-order valence-corrected chi connectivity index (χ0v) is 9.36. The number of nitrogens with one attached hydrogen (secondary N) is 1. The van der Waals surface area contributed by atoms with Crippen LogP contribution in [0, 0.1) is 29.4 Å². The van der Waals surface area contributed by atoms with Gasteiger partial charge in [-0.05, 0) is 25.5 Å². The van der Waals surface area contributed by atoms with E-state index in [1.807, 2.05) is 19.9 Å². The second kappa shape index (κ2) is 5.17. The van der Waals surface area contributed by atoms with Crippen LogP contribution in [0.15, 0.2) is 18.2 Å². The van der Waals surface area contributed by atoms with Gasteiger partial charge in [-0.3, -0.25) is 10.1 Å². The Morgan fingerprint density at radius 2 is 2.25 bits per heavy atom. The molecule has 4 nitrogen and oxygen atoms in total. The minimum absolute atomic E-state index is 0.0930. The summed E-state index contributed by atoms with van der Waals surface area (Å²) in [6, 6.07) is 5.02. The van der Waals surface area contributed by atoms with Gasteiger partial charge in [-0.25, -0.2) is 0 Å². The van der Waals surface area contributed by atoms with Crippen molar-refractivity contribution < 1.29 is 4.92 Å². The number of nitro groups is 1. The van der Waals surface area contributed by atoms with Crippen LogP contribution in [0.2, 0.25) is 0 Å². The van der Waals surface area contributed by atoms with E-state index in [1.54, 1.807) is 0 Å². The van der Waals surface area contributed by atoms with Crippen molar-refractivity contribution in [2.24, 2.45) is 0 Å². The average Bonchev–Trinajstić information content (AvgIpc) is 2.16. The first kappa shape index (κ1) is 12.1. The SMILES string of the molecule is C#CCC(C)Nc1cc(C)cc([N+](=O)[O-])c1. The third kappa shape index (κ3) is 3.28. The predicted octanol–water partition coefficient (Wildman–Crippen LogP) is 2.73. The van der Waals surface area contributed by atoms with Gasteiger partial charge in [-0.1, -0.05) is 0 Å². The maximum absolute atomic E-state index is 10.7. The van der Waals surface area contributed by atoms with Gasteiger partial charge in [0.25, 0.3) is 5.69 Å². The predicted molar refractivity (Wildman–Crippen MR) is 64.4 cm³/mol. The molecule has 0 bridgehead atoms. The summed E-state index contributed by atoms with van der Waals surface area (Å²) < 4.78 is 0. The Morgan fingerprint density at radius 3 is 2.81 bits per heavy atom. The number of terminal acetylenes is 1. The lowest BCUT2D eigenvalue weighted by Crippen LogP contribution is -2.14. The number of nitrogens with zero attached hydrogens (tertiary/aromatic N) is 1. The summed E-state index contributed by atoms with van der Waals surface area (Å²) in [6.07, 6.45) is 5.78. The number of rotatable bonds is 4. The quantitative estimate of drug-likeness (QED) is 0.480. The Bertz CT molecular complexity index is 435. The molecule has 1 rings (SSSR count). The molecule has 1 aromatic rings. The summed E-state index contributed by atoms with van der Waals surface area (Å²) in [5.74, 6) is 2.54. The molecule has 0 amide bonds. The summed E-state index contributed by atoms with van der Waals surface area (Å²) in [7, 11) is 0. The van der Waals surface area contributed by atoms with Crippen molar-refractivity contribution in [2.75, 3.05) is 5.32 Å². The maximum atomic E-state index is 10.7. The highest BCUT2D eigenvalue weighted by Gasteiger charge is 2.09. The van der Waals surface area contributed by atoms with E-state index in [4.69, 9.17) is 6.42 Å². The Balaban J connectivity index is 2.89. The van der Waals surface area contributed by atoms with Gasteiger partial charge < -0.3 is 5.32 Å². The van der Waals surface area contributed by atoms with Gasteiger partial charge in [0, 0.05) is 30.3 Å². The van der Waals surface area contributed by atoms with Crippen molar-refractivity contribution >= 4 is 11.4 Å². The zero-order valence-electron chi connectivity index (χ0n) is 9.36. The van der Waals surface area contributed by atoms with Crippen LogP contribution in [-0.2, 0) is 0 Å². The second-order valence-corrected chi connectivity index (χ2v) is 3.77. The molecule has 84 valence electrons. The van der Waals surface area contributed by atoms with Crippen molar-refractivity contribution in [3.63, 3.8) is 0 Å². The summed E-state index contributed by atoms with van der Waals surface area (Å²) in [5.41, 5.74) is 1.68. The van der Waals surface area contributed by atoms with Crippen LogP contribution >= 0.6 is 0 Å². The van der Waals surface area contributed by atoms with E-state index in [1.165, 1.54) is 12.1 Å². The number of nitro benzene ring substituents is 1. The molecule has 0 spiro atoms. The Morgan fingerprint density at radius 1 is 1.56 bits per heavy atom. The Labute approximate surface area is 94.8 Å². The van der Waals surface area contributed by atoms with Gasteiger partial charge in [0.2, 0.25) is 0 Å². The monoisotopic (exact) mass is 218 g/mol. The fourth-order valence-corrected chi connectivity index (χ4v) is 1.46. The normalized spacial score (nSPS) is 11.6. The highest BCUT2D eigenvalue weighted by atomic mass is 16.6. The fourth-order valence-electron chi connectivity index (χ4n) is 1.46. The molecule has 0 fully saturated rings. The van der Waals surface area contributed by atoms with E-state index in [0.717, 1.165) is 11.3 Å². The van der Waals surface area contributed by atoms with Crippen molar-refractivity contribution in [3.8, 4) is 12.3 Å². The van der Waals surface area contributed by atoms with Crippen LogP contribution in [0.25, 0.3) is 0 Å². The standard InChI is InChI=1S/C12H14N2O2/c1-4-5-10(3)13-11-6-9(2)7-12(8-11)14(15)16/h1,6-8,10,13H,5H2,2-3H3. The third-order valence-corrected chi connectivity index (χ3v) is 2.11. The van der Waals surface area contributed by atoms with Crippen LogP contribution in [-0.4, -0.2) is 11.0 Å². The largest absolute Gasteiger partial charge is 0.381 e. The van der Waals surface area contributed by atoms with Crippen molar-refractivity contribution in [2.45, 2.75) is 26.3 Å². The maximum Gasteiger partial charge on any atom is 0.271 e. The molecule has 1 atom stereocenters. The number of aryl methyl sites for hydroxylation is 1. The van der Waals surface area contributed by atoms with Crippen LogP contribution in [0.1, 0.15) is 18.9 Å². The van der Waals surface area contributed by atoms with Crippen LogP contribution in [0.4, 0.5) is 11.4 Å². The van der Waals surface area contributed by atoms with E-state index < -0.39 is 4.92 Å². The van der Waals surface area contributed by atoms with Crippen LogP contribution in [0.3, 0.4) is 0 Å². The van der Waals surface area contributed by atoms with Gasteiger partial charge in [0.05, 0.1) is 4.92 Å². The molecular formula is C12H14N2O2. The van der Waals surface area contributed by atoms with Gasteiger partial charge in [-0.15, -0.1) is 12.3 Å². The van der Waals surface area contributed by atoms with Crippen molar-refractivity contribution in [1.29, 1.82) is 0 Å². The molecule has 0 aliphatic heterocycles. The summed E-state index contributed by atoms with van der Waals surface area (Å²) >= 11 is 0. The minimum Gasteiger partial charge on any atom is -0.381 e. The zero-order chi connectivity index (χ0) is 12.1. The second-order valence-electron chi connectivity index (χ2n) is 3.77. The molecule has 4 heteroatoms. The topological polar surface area (TPSA) is 55.2 Å². The Kier molecular flexibility index (Phi) is 3.90. The molecule has 0 aliphatic rings. The first-order valence-electron chi connectivity index (χ1n) is 4.99. The molecule has 0 saturated heterocycles. The number of hydrogen-bond acceptors (Lipinski definition) is 3. The summed E-state index contributed by atoms with van der Waals surface area (Å²) in [5, 5.41) is 13.8. The van der Waals surface area contributed by atoms with E-state index in [-0.39, 0.29) is 11.7 Å². The highest BCUT2D eigenvalue weighted by molar-refractivity contribution is 5.54.